The number of hydrogen-bond acceptors (Lipinski definition) is 6. The van der Waals surface area contributed by atoms with E-state index in [0.29, 0.717) is 13.0 Å². The van der Waals surface area contributed by atoms with Crippen molar-refractivity contribution in [1.82, 2.24) is 5.32 Å². The highest BCUT2D eigenvalue weighted by atomic mass is 16.6. The molecule has 0 unspecified atom stereocenters. The van der Waals surface area contributed by atoms with Gasteiger partial charge in [-0.15, -0.1) is 0 Å². The first kappa shape index (κ1) is 18.4. The number of methoxy groups -OCH3 is 1. The molecule has 1 saturated heterocycles. The lowest BCUT2D eigenvalue weighted by Crippen LogP contribution is -2.46. The molecule has 1 fully saturated rings. The average Bonchev–Trinajstić information content (AvgIpc) is 2.94. The van der Waals surface area contributed by atoms with Crippen molar-refractivity contribution in [2.45, 2.75) is 64.2 Å². The largest absolute Gasteiger partial charge is 0.467 e. The van der Waals surface area contributed by atoms with Crippen LogP contribution < -0.4 is 5.32 Å². The van der Waals surface area contributed by atoms with Gasteiger partial charge >= 0.3 is 11.9 Å². The van der Waals surface area contributed by atoms with E-state index in [4.69, 9.17) is 9.47 Å². The predicted octanol–water partition coefficient (Wildman–Crippen LogP) is 0.945. The lowest BCUT2D eigenvalue weighted by atomic mass is 10.1. The number of carbonyl (C=O) groups excluding carboxylic acids is 3. The Labute approximate surface area is 130 Å². The molecule has 1 rings (SSSR count). The first-order valence-electron chi connectivity index (χ1n) is 7.44. The molecule has 0 spiro atoms. The summed E-state index contributed by atoms with van der Waals surface area (Å²) in [5, 5.41) is 2.58. The van der Waals surface area contributed by atoms with E-state index in [1.807, 2.05) is 0 Å². The van der Waals surface area contributed by atoms with Gasteiger partial charge in [0.25, 0.3) is 0 Å². The van der Waals surface area contributed by atoms with Gasteiger partial charge < -0.3 is 19.5 Å². The number of carbonyl (C=O) groups is 3. The molecule has 7 nitrogen and oxygen atoms in total. The number of amides is 1. The first-order chi connectivity index (χ1) is 10.2. The number of ether oxygens (including phenoxy) is 3. The van der Waals surface area contributed by atoms with Gasteiger partial charge in [0.05, 0.1) is 7.11 Å². The van der Waals surface area contributed by atoms with Crippen LogP contribution in [0, 0.1) is 0 Å². The minimum Gasteiger partial charge on any atom is -0.467 e. The van der Waals surface area contributed by atoms with Gasteiger partial charge in [0.15, 0.2) is 0 Å². The molecule has 7 heteroatoms. The third-order valence-electron chi connectivity index (χ3n) is 3.08. The molecule has 126 valence electrons. The monoisotopic (exact) mass is 315 g/mol. The van der Waals surface area contributed by atoms with Crippen molar-refractivity contribution in [3.8, 4) is 0 Å². The minimum absolute atomic E-state index is 0.0167. The summed E-state index contributed by atoms with van der Waals surface area (Å²) in [5.74, 6) is -1.36. The molecule has 1 amide bonds. The summed E-state index contributed by atoms with van der Waals surface area (Å²) in [7, 11) is 1.24. The lowest BCUT2D eigenvalue weighted by molar-refractivity contribution is -0.155. The molecule has 0 aromatic carbocycles. The summed E-state index contributed by atoms with van der Waals surface area (Å²) in [6, 6.07) is -0.880. The Hall–Kier alpha value is -1.63. The van der Waals surface area contributed by atoms with Crippen LogP contribution in [0.25, 0.3) is 0 Å². The summed E-state index contributed by atoms with van der Waals surface area (Å²) >= 11 is 0. The maximum absolute atomic E-state index is 12.0. The maximum atomic E-state index is 12.0. The summed E-state index contributed by atoms with van der Waals surface area (Å²) < 4.78 is 15.1. The summed E-state index contributed by atoms with van der Waals surface area (Å²) in [5.41, 5.74) is -0.585. The van der Waals surface area contributed by atoms with Crippen LogP contribution in [0.15, 0.2) is 0 Å². The Morgan fingerprint density at radius 1 is 1.32 bits per heavy atom. The minimum atomic E-state index is -0.880. The first-order valence-corrected chi connectivity index (χ1v) is 7.44. The molecule has 1 heterocycles. The smallest absolute Gasteiger partial charge is 0.328 e. The van der Waals surface area contributed by atoms with E-state index in [1.54, 1.807) is 20.8 Å². The second-order valence-electron chi connectivity index (χ2n) is 6.21. The zero-order valence-electron chi connectivity index (χ0n) is 13.6. The van der Waals surface area contributed by atoms with Crippen molar-refractivity contribution in [1.29, 1.82) is 0 Å². The van der Waals surface area contributed by atoms with E-state index in [1.165, 1.54) is 7.11 Å². The highest BCUT2D eigenvalue weighted by Crippen LogP contribution is 2.14. The molecule has 1 aliphatic rings. The molecule has 0 aromatic heterocycles. The fourth-order valence-corrected chi connectivity index (χ4v) is 2.10. The fourth-order valence-electron chi connectivity index (χ4n) is 2.10. The van der Waals surface area contributed by atoms with Gasteiger partial charge in [-0.3, -0.25) is 9.59 Å². The molecule has 0 saturated carbocycles. The van der Waals surface area contributed by atoms with E-state index in [9.17, 15) is 14.4 Å². The van der Waals surface area contributed by atoms with Gasteiger partial charge in [-0.2, -0.15) is 0 Å². The van der Waals surface area contributed by atoms with E-state index in [2.05, 4.69) is 10.1 Å². The second-order valence-corrected chi connectivity index (χ2v) is 6.21. The molecule has 0 aromatic rings. The molecule has 1 aliphatic heterocycles. The second kappa shape index (κ2) is 8.12. The SMILES string of the molecule is COC(=O)[C@@H](CCC(=O)OC(C)(C)C)NC(=O)[C@H]1CCCO1. The number of esters is 2. The van der Waals surface area contributed by atoms with Crippen LogP contribution in [0.1, 0.15) is 46.5 Å². The van der Waals surface area contributed by atoms with Crippen molar-refractivity contribution in [2.75, 3.05) is 13.7 Å². The highest BCUT2D eigenvalue weighted by Gasteiger charge is 2.29. The number of nitrogens with one attached hydrogen (secondary N) is 1. The van der Waals surface area contributed by atoms with E-state index < -0.39 is 29.7 Å². The quantitative estimate of drug-likeness (QED) is 0.734. The van der Waals surface area contributed by atoms with Crippen molar-refractivity contribution in [3.05, 3.63) is 0 Å². The van der Waals surface area contributed by atoms with Crippen LogP contribution in [0.2, 0.25) is 0 Å². The standard InChI is InChI=1S/C15H25NO6/c1-15(2,3)22-12(17)8-7-10(14(19)20-4)16-13(18)11-6-5-9-21-11/h10-11H,5-9H2,1-4H3,(H,16,18)/t10-,11-/m1/s1. The molecular weight excluding hydrogens is 290 g/mol. The van der Waals surface area contributed by atoms with E-state index >= 15 is 0 Å². The average molecular weight is 315 g/mol. The molecule has 22 heavy (non-hydrogen) atoms. The Kier molecular flexibility index (Phi) is 6.80. The normalized spacial score (nSPS) is 19.4. The highest BCUT2D eigenvalue weighted by molar-refractivity contribution is 5.87. The van der Waals surface area contributed by atoms with Crippen molar-refractivity contribution >= 4 is 17.8 Å². The van der Waals surface area contributed by atoms with Gasteiger partial charge in [-0.25, -0.2) is 4.79 Å². The number of rotatable bonds is 6. The Balaban J connectivity index is 2.52. The van der Waals surface area contributed by atoms with E-state index in [0.717, 1.165) is 6.42 Å². The molecule has 0 radical (unpaired) electrons. The van der Waals surface area contributed by atoms with Crippen LogP contribution in [-0.2, 0) is 28.6 Å². The summed E-state index contributed by atoms with van der Waals surface area (Å²) in [6.45, 7) is 5.84. The van der Waals surface area contributed by atoms with Crippen molar-refractivity contribution in [2.24, 2.45) is 0 Å². The Bertz CT molecular complexity index is 409. The molecule has 0 bridgehead atoms. The van der Waals surface area contributed by atoms with Gasteiger partial charge in [-0.05, 0) is 40.0 Å². The summed E-state index contributed by atoms with van der Waals surface area (Å²) in [4.78, 5) is 35.4. The topological polar surface area (TPSA) is 90.9 Å². The molecule has 2 atom stereocenters. The molecular formula is C15H25NO6. The van der Waals surface area contributed by atoms with Crippen LogP contribution in [0.4, 0.5) is 0 Å². The lowest BCUT2D eigenvalue weighted by Gasteiger charge is -2.21. The molecule has 0 aliphatic carbocycles. The van der Waals surface area contributed by atoms with Crippen molar-refractivity contribution in [3.63, 3.8) is 0 Å². The van der Waals surface area contributed by atoms with Crippen molar-refractivity contribution < 1.29 is 28.6 Å². The van der Waals surface area contributed by atoms with Crippen LogP contribution in [-0.4, -0.2) is 49.3 Å². The van der Waals surface area contributed by atoms with E-state index in [-0.39, 0.29) is 18.7 Å². The Morgan fingerprint density at radius 3 is 2.50 bits per heavy atom. The maximum Gasteiger partial charge on any atom is 0.328 e. The van der Waals surface area contributed by atoms with Crippen LogP contribution in [0.3, 0.4) is 0 Å². The fraction of sp³-hybridized carbons (Fsp3) is 0.800. The third-order valence-corrected chi connectivity index (χ3v) is 3.08. The Morgan fingerprint density at radius 2 is 2.00 bits per heavy atom. The third kappa shape index (κ3) is 6.43. The van der Waals surface area contributed by atoms with Gasteiger partial charge in [-0.1, -0.05) is 0 Å². The predicted molar refractivity (Wildman–Crippen MR) is 78.0 cm³/mol. The zero-order valence-corrected chi connectivity index (χ0v) is 13.6. The van der Waals surface area contributed by atoms with Gasteiger partial charge in [0.2, 0.25) is 5.91 Å². The summed E-state index contributed by atoms with van der Waals surface area (Å²) in [6.07, 6.45) is 1.06. The zero-order chi connectivity index (χ0) is 16.8. The van der Waals surface area contributed by atoms with Gasteiger partial charge in [0, 0.05) is 13.0 Å². The van der Waals surface area contributed by atoms with Gasteiger partial charge in [0.1, 0.15) is 17.7 Å². The number of hydrogen-bond donors (Lipinski definition) is 1. The van der Waals surface area contributed by atoms with Crippen LogP contribution >= 0.6 is 0 Å². The molecule has 1 N–H and O–H groups in total. The van der Waals surface area contributed by atoms with Crippen LogP contribution in [0.5, 0.6) is 0 Å².